The van der Waals surface area contributed by atoms with Gasteiger partial charge in [-0.3, -0.25) is 0 Å². The fraction of sp³-hybridized carbons (Fsp3) is 0.235. The first-order valence-electron chi connectivity index (χ1n) is 6.95. The third kappa shape index (κ3) is 3.83. The highest BCUT2D eigenvalue weighted by atomic mass is 16.5. The van der Waals surface area contributed by atoms with Gasteiger partial charge in [-0.1, -0.05) is 6.07 Å². The first kappa shape index (κ1) is 15.5. The van der Waals surface area contributed by atoms with E-state index in [9.17, 15) is 4.79 Å². The molecule has 5 nitrogen and oxygen atoms in total. The van der Waals surface area contributed by atoms with E-state index in [1.165, 1.54) is 0 Å². The molecule has 0 fully saturated rings. The van der Waals surface area contributed by atoms with Crippen LogP contribution in [-0.4, -0.2) is 24.1 Å². The predicted molar refractivity (Wildman–Crippen MR) is 83.6 cm³/mol. The lowest BCUT2D eigenvalue weighted by atomic mass is 10.1. The van der Waals surface area contributed by atoms with Crippen molar-refractivity contribution in [1.82, 2.24) is 4.98 Å². The minimum absolute atomic E-state index is 0.202. The number of carbonyl (C=O) groups is 1. The average molecular weight is 295 g/mol. The molecule has 0 aliphatic heterocycles. The molecule has 0 radical (unpaired) electrons. The Morgan fingerprint density at radius 3 is 2.86 bits per heavy atom. The number of carbonyl (C=O) groups excluding carboxylic acids is 1. The molecule has 0 atom stereocenters. The van der Waals surface area contributed by atoms with Crippen LogP contribution in [0.3, 0.4) is 0 Å². The van der Waals surface area contributed by atoms with Gasteiger partial charge in [-0.15, -0.1) is 0 Å². The highest BCUT2D eigenvalue weighted by molar-refractivity contribution is 5.89. The van der Waals surface area contributed by atoms with Crippen LogP contribution in [0.2, 0.25) is 0 Å². The van der Waals surface area contributed by atoms with Crippen molar-refractivity contribution in [3.63, 3.8) is 0 Å². The molecule has 0 saturated heterocycles. The zero-order valence-corrected chi connectivity index (χ0v) is 12.6. The van der Waals surface area contributed by atoms with Gasteiger partial charge in [0.25, 0.3) is 0 Å². The molecule has 0 bridgehead atoms. The Kier molecular flexibility index (Phi) is 5.10. The zero-order chi connectivity index (χ0) is 15.9. The number of nitriles is 1. The second-order valence-electron chi connectivity index (χ2n) is 4.87. The summed E-state index contributed by atoms with van der Waals surface area (Å²) >= 11 is 0. The SMILES string of the molecule is Cc1ccc(C(=O)OCCNc2ncccc2C#N)cc1C. The summed E-state index contributed by atoms with van der Waals surface area (Å²) in [6.45, 7) is 4.54. The van der Waals surface area contributed by atoms with E-state index >= 15 is 0 Å². The second-order valence-corrected chi connectivity index (χ2v) is 4.87. The van der Waals surface area contributed by atoms with Crippen molar-refractivity contribution in [2.45, 2.75) is 13.8 Å². The number of nitrogens with zero attached hydrogens (tertiary/aromatic N) is 2. The van der Waals surface area contributed by atoms with E-state index < -0.39 is 0 Å². The van der Waals surface area contributed by atoms with Crippen molar-refractivity contribution in [1.29, 1.82) is 5.26 Å². The normalized spacial score (nSPS) is 9.86. The molecule has 0 aliphatic carbocycles. The molecule has 1 aromatic heterocycles. The predicted octanol–water partition coefficient (Wildman–Crippen LogP) is 2.84. The number of aromatic nitrogens is 1. The summed E-state index contributed by atoms with van der Waals surface area (Å²) in [4.78, 5) is 16.0. The van der Waals surface area contributed by atoms with Gasteiger partial charge >= 0.3 is 5.97 Å². The van der Waals surface area contributed by atoms with Gasteiger partial charge in [-0.2, -0.15) is 5.26 Å². The highest BCUT2D eigenvalue weighted by Crippen LogP contribution is 2.11. The number of esters is 1. The van der Waals surface area contributed by atoms with E-state index in [-0.39, 0.29) is 12.6 Å². The van der Waals surface area contributed by atoms with Crippen LogP contribution >= 0.6 is 0 Å². The van der Waals surface area contributed by atoms with Gasteiger partial charge in [0.1, 0.15) is 18.5 Å². The number of hydrogen-bond donors (Lipinski definition) is 1. The molecule has 112 valence electrons. The van der Waals surface area contributed by atoms with Crippen molar-refractivity contribution in [2.24, 2.45) is 0 Å². The number of nitrogens with one attached hydrogen (secondary N) is 1. The Hall–Kier alpha value is -2.87. The third-order valence-electron chi connectivity index (χ3n) is 3.30. The molecule has 5 heteroatoms. The quantitative estimate of drug-likeness (QED) is 0.678. The van der Waals surface area contributed by atoms with Gasteiger partial charge in [0.2, 0.25) is 0 Å². The van der Waals surface area contributed by atoms with Crippen LogP contribution in [0.1, 0.15) is 27.0 Å². The smallest absolute Gasteiger partial charge is 0.338 e. The summed E-state index contributed by atoms with van der Waals surface area (Å²) in [6.07, 6.45) is 1.60. The zero-order valence-electron chi connectivity index (χ0n) is 12.6. The monoisotopic (exact) mass is 295 g/mol. The van der Waals surface area contributed by atoms with Crippen LogP contribution in [0.5, 0.6) is 0 Å². The Labute approximate surface area is 129 Å². The van der Waals surface area contributed by atoms with Gasteiger partial charge in [0, 0.05) is 6.20 Å². The van der Waals surface area contributed by atoms with E-state index in [0.717, 1.165) is 11.1 Å². The summed E-state index contributed by atoms with van der Waals surface area (Å²) < 4.78 is 5.21. The molecule has 22 heavy (non-hydrogen) atoms. The number of pyridine rings is 1. The first-order valence-corrected chi connectivity index (χ1v) is 6.95. The molecule has 1 aromatic carbocycles. The van der Waals surface area contributed by atoms with Gasteiger partial charge < -0.3 is 10.1 Å². The van der Waals surface area contributed by atoms with Crippen molar-refractivity contribution < 1.29 is 9.53 Å². The average Bonchev–Trinajstić information content (AvgIpc) is 2.54. The molecule has 1 N–H and O–H groups in total. The molecule has 0 amide bonds. The van der Waals surface area contributed by atoms with E-state index in [4.69, 9.17) is 10.00 Å². The van der Waals surface area contributed by atoms with E-state index in [1.54, 1.807) is 24.4 Å². The summed E-state index contributed by atoms with van der Waals surface area (Å²) in [5.41, 5.74) is 3.19. The van der Waals surface area contributed by atoms with Crippen molar-refractivity contribution in [3.8, 4) is 6.07 Å². The fourth-order valence-electron chi connectivity index (χ4n) is 1.90. The standard InChI is InChI=1S/C17H17N3O2/c1-12-5-6-14(10-13(12)2)17(21)22-9-8-20-16-15(11-18)4-3-7-19-16/h3-7,10H,8-9H2,1-2H3,(H,19,20). The Bertz CT molecular complexity index is 720. The second kappa shape index (κ2) is 7.23. The van der Waals surface area contributed by atoms with Crippen LogP contribution in [0.4, 0.5) is 5.82 Å². The summed E-state index contributed by atoms with van der Waals surface area (Å²) in [7, 11) is 0. The summed E-state index contributed by atoms with van der Waals surface area (Å²) in [5, 5.41) is 11.9. The van der Waals surface area contributed by atoms with E-state index in [0.29, 0.717) is 23.5 Å². The number of ether oxygens (including phenoxy) is 1. The van der Waals surface area contributed by atoms with Crippen LogP contribution < -0.4 is 5.32 Å². The highest BCUT2D eigenvalue weighted by Gasteiger charge is 2.08. The molecule has 0 unspecified atom stereocenters. The molecular weight excluding hydrogens is 278 g/mol. The Morgan fingerprint density at radius 2 is 2.14 bits per heavy atom. The molecule has 0 saturated carbocycles. The largest absolute Gasteiger partial charge is 0.460 e. The molecule has 2 rings (SSSR count). The third-order valence-corrected chi connectivity index (χ3v) is 3.30. The molecule has 1 heterocycles. The van der Waals surface area contributed by atoms with Gasteiger partial charge in [-0.25, -0.2) is 9.78 Å². The first-order chi connectivity index (χ1) is 10.6. The maximum atomic E-state index is 11.9. The van der Waals surface area contributed by atoms with Gasteiger partial charge in [0.15, 0.2) is 0 Å². The maximum absolute atomic E-state index is 11.9. The van der Waals surface area contributed by atoms with Crippen LogP contribution in [0, 0.1) is 25.2 Å². The molecule has 0 aliphatic rings. The topological polar surface area (TPSA) is 75.0 Å². The lowest BCUT2D eigenvalue weighted by Gasteiger charge is -2.09. The maximum Gasteiger partial charge on any atom is 0.338 e. The summed E-state index contributed by atoms with van der Waals surface area (Å²) in [6, 6.07) is 10.9. The Morgan fingerprint density at radius 1 is 1.32 bits per heavy atom. The number of rotatable bonds is 5. The van der Waals surface area contributed by atoms with Gasteiger partial charge in [0.05, 0.1) is 17.7 Å². The Balaban J connectivity index is 1.85. The molecule has 2 aromatic rings. The van der Waals surface area contributed by atoms with Crippen LogP contribution in [-0.2, 0) is 4.74 Å². The number of benzene rings is 1. The minimum atomic E-state index is -0.355. The van der Waals surface area contributed by atoms with Crippen molar-refractivity contribution >= 4 is 11.8 Å². The molecule has 0 spiro atoms. The lowest BCUT2D eigenvalue weighted by molar-refractivity contribution is 0.0520. The van der Waals surface area contributed by atoms with Gasteiger partial charge in [-0.05, 0) is 49.2 Å². The van der Waals surface area contributed by atoms with Crippen LogP contribution in [0.25, 0.3) is 0 Å². The van der Waals surface area contributed by atoms with E-state index in [1.807, 2.05) is 32.0 Å². The van der Waals surface area contributed by atoms with Crippen LogP contribution in [0.15, 0.2) is 36.5 Å². The number of anilines is 1. The number of hydrogen-bond acceptors (Lipinski definition) is 5. The van der Waals surface area contributed by atoms with Crippen molar-refractivity contribution in [2.75, 3.05) is 18.5 Å². The lowest BCUT2D eigenvalue weighted by Crippen LogP contribution is -2.15. The van der Waals surface area contributed by atoms with E-state index in [2.05, 4.69) is 10.3 Å². The number of aryl methyl sites for hydroxylation is 2. The molecular formula is C17H17N3O2. The fourth-order valence-corrected chi connectivity index (χ4v) is 1.90. The van der Waals surface area contributed by atoms with Crippen molar-refractivity contribution in [3.05, 3.63) is 58.8 Å². The summed E-state index contributed by atoms with van der Waals surface area (Å²) in [5.74, 6) is 0.138. The minimum Gasteiger partial charge on any atom is -0.460 e.